The summed E-state index contributed by atoms with van der Waals surface area (Å²) in [5, 5.41) is 0. The quantitative estimate of drug-likeness (QED) is 0.477. The molecule has 0 radical (unpaired) electrons. The maximum absolute atomic E-state index is 11.7. The van der Waals surface area contributed by atoms with Crippen LogP contribution in [0.2, 0.25) is 0 Å². The summed E-state index contributed by atoms with van der Waals surface area (Å²) in [6.45, 7) is 1.82. The lowest BCUT2D eigenvalue weighted by Gasteiger charge is -2.13. The maximum atomic E-state index is 11.7. The minimum atomic E-state index is -0.298. The van der Waals surface area contributed by atoms with Crippen LogP contribution >= 0.6 is 0 Å². The number of nitrogens with zero attached hydrogens (tertiary/aromatic N) is 1. The second kappa shape index (κ2) is 10.6. The summed E-state index contributed by atoms with van der Waals surface area (Å²) in [4.78, 5) is 13.9. The van der Waals surface area contributed by atoms with Crippen LogP contribution < -0.4 is 4.74 Å². The van der Waals surface area contributed by atoms with Gasteiger partial charge in [-0.2, -0.15) is 0 Å². The summed E-state index contributed by atoms with van der Waals surface area (Å²) in [6.07, 6.45) is 3.91. The third-order valence-corrected chi connectivity index (χ3v) is 4.26. The molecule has 0 aromatic heterocycles. The molecule has 0 saturated carbocycles. The molecule has 0 amide bonds. The van der Waals surface area contributed by atoms with Crippen LogP contribution in [0.4, 0.5) is 0 Å². The van der Waals surface area contributed by atoms with Gasteiger partial charge in [-0.25, -0.2) is 4.79 Å². The first-order chi connectivity index (χ1) is 12.6. The van der Waals surface area contributed by atoms with Crippen molar-refractivity contribution in [1.29, 1.82) is 0 Å². The molecule has 2 aromatic carbocycles. The van der Waals surface area contributed by atoms with Crippen LogP contribution in [-0.2, 0) is 17.6 Å². The van der Waals surface area contributed by atoms with E-state index >= 15 is 0 Å². The Labute approximate surface area is 156 Å². The van der Waals surface area contributed by atoms with Gasteiger partial charge in [-0.3, -0.25) is 0 Å². The van der Waals surface area contributed by atoms with Gasteiger partial charge in [0.2, 0.25) is 0 Å². The zero-order chi connectivity index (χ0) is 18.8. The molecule has 2 aromatic rings. The molecule has 0 N–H and O–H groups in total. The second-order valence-electron chi connectivity index (χ2n) is 6.66. The van der Waals surface area contributed by atoms with E-state index in [0.29, 0.717) is 5.56 Å². The van der Waals surface area contributed by atoms with E-state index in [-0.39, 0.29) is 5.97 Å². The lowest BCUT2D eigenvalue weighted by Crippen LogP contribution is -2.13. The van der Waals surface area contributed by atoms with Crippen LogP contribution in [0.1, 0.15) is 34.3 Å². The summed E-state index contributed by atoms with van der Waals surface area (Å²) >= 11 is 0. The van der Waals surface area contributed by atoms with Gasteiger partial charge in [0.05, 0.1) is 19.3 Å². The highest BCUT2D eigenvalue weighted by Gasteiger charge is 2.07. The fourth-order valence-electron chi connectivity index (χ4n) is 2.81. The van der Waals surface area contributed by atoms with Crippen LogP contribution in [-0.4, -0.2) is 45.2 Å². The highest BCUT2D eigenvalue weighted by Crippen LogP contribution is 2.21. The number of carbonyl (C=O) groups is 1. The van der Waals surface area contributed by atoms with Gasteiger partial charge >= 0.3 is 5.97 Å². The number of carbonyl (C=O) groups excluding carboxylic acids is 1. The number of methoxy groups -OCH3 is 1. The number of benzene rings is 2. The number of para-hydroxylation sites is 1. The first-order valence-electron chi connectivity index (χ1n) is 9.13. The number of aryl methyl sites for hydroxylation is 2. The molecule has 140 valence electrons. The van der Waals surface area contributed by atoms with Crippen molar-refractivity contribution in [3.8, 4) is 5.75 Å². The lowest BCUT2D eigenvalue weighted by atomic mass is 10.0. The molecule has 0 heterocycles. The van der Waals surface area contributed by atoms with Gasteiger partial charge < -0.3 is 14.4 Å². The Morgan fingerprint density at radius 2 is 1.81 bits per heavy atom. The Morgan fingerprint density at radius 1 is 1.00 bits per heavy atom. The fraction of sp³-hybridized carbons (Fsp3) is 0.409. The number of esters is 1. The first kappa shape index (κ1) is 20.0. The minimum absolute atomic E-state index is 0.298. The van der Waals surface area contributed by atoms with Crippen molar-refractivity contribution in [1.82, 2.24) is 4.90 Å². The third kappa shape index (κ3) is 6.52. The van der Waals surface area contributed by atoms with Gasteiger partial charge in [-0.1, -0.05) is 30.3 Å². The van der Waals surface area contributed by atoms with Gasteiger partial charge in [-0.05, 0) is 75.6 Å². The van der Waals surface area contributed by atoms with Crippen molar-refractivity contribution in [2.75, 3.05) is 34.4 Å². The maximum Gasteiger partial charge on any atom is 0.337 e. The van der Waals surface area contributed by atoms with Crippen LogP contribution in [0.3, 0.4) is 0 Å². The van der Waals surface area contributed by atoms with Gasteiger partial charge in [0, 0.05) is 0 Å². The minimum Gasteiger partial charge on any atom is -0.493 e. The summed E-state index contributed by atoms with van der Waals surface area (Å²) in [5.74, 6) is 0.662. The SMILES string of the molecule is COC(=O)c1cccc(CCc2ccccc2OCCCCN(C)C)c1. The molecule has 0 fully saturated rings. The van der Waals surface area contributed by atoms with Crippen molar-refractivity contribution >= 4 is 5.97 Å². The molecule has 4 heteroatoms. The Balaban J connectivity index is 1.90. The van der Waals surface area contributed by atoms with Crippen LogP contribution in [0.5, 0.6) is 5.75 Å². The highest BCUT2D eigenvalue weighted by molar-refractivity contribution is 5.89. The van der Waals surface area contributed by atoms with Gasteiger partial charge in [-0.15, -0.1) is 0 Å². The second-order valence-corrected chi connectivity index (χ2v) is 6.66. The van der Waals surface area contributed by atoms with E-state index in [1.54, 1.807) is 6.07 Å². The monoisotopic (exact) mass is 355 g/mol. The molecule has 26 heavy (non-hydrogen) atoms. The molecule has 0 aliphatic carbocycles. The molecule has 2 rings (SSSR count). The van der Waals surface area contributed by atoms with Crippen molar-refractivity contribution < 1.29 is 14.3 Å². The number of hydrogen-bond acceptors (Lipinski definition) is 4. The molecular weight excluding hydrogens is 326 g/mol. The third-order valence-electron chi connectivity index (χ3n) is 4.26. The summed E-state index contributed by atoms with van der Waals surface area (Å²) in [7, 11) is 5.58. The standard InChI is InChI=1S/C22H29NO3/c1-23(2)15-6-7-16-26-21-12-5-4-10-19(21)14-13-18-9-8-11-20(17-18)22(24)25-3/h4-5,8-12,17H,6-7,13-16H2,1-3H3. The van der Waals surface area contributed by atoms with Gasteiger partial charge in [0.15, 0.2) is 0 Å². The van der Waals surface area contributed by atoms with Gasteiger partial charge in [0.1, 0.15) is 5.75 Å². The molecule has 0 bridgehead atoms. The molecule has 0 atom stereocenters. The Bertz CT molecular complexity index is 697. The average molecular weight is 355 g/mol. The highest BCUT2D eigenvalue weighted by atomic mass is 16.5. The number of ether oxygens (including phenoxy) is 2. The zero-order valence-corrected chi connectivity index (χ0v) is 16.0. The average Bonchev–Trinajstić information content (AvgIpc) is 2.66. The topological polar surface area (TPSA) is 38.8 Å². The molecular formula is C22H29NO3. The predicted molar refractivity (Wildman–Crippen MR) is 105 cm³/mol. The van der Waals surface area contributed by atoms with E-state index in [4.69, 9.17) is 9.47 Å². The summed E-state index contributed by atoms with van der Waals surface area (Å²) < 4.78 is 10.8. The van der Waals surface area contributed by atoms with Crippen molar-refractivity contribution in [2.24, 2.45) is 0 Å². The van der Waals surface area contributed by atoms with E-state index < -0.39 is 0 Å². The van der Waals surface area contributed by atoms with Crippen molar-refractivity contribution in [2.45, 2.75) is 25.7 Å². The predicted octanol–water partition coefficient (Wildman–Crippen LogP) is 3.98. The summed E-state index contributed by atoms with van der Waals surface area (Å²) in [6, 6.07) is 15.8. The van der Waals surface area contributed by atoms with E-state index in [2.05, 4.69) is 25.1 Å². The van der Waals surface area contributed by atoms with Crippen LogP contribution in [0.25, 0.3) is 0 Å². The van der Waals surface area contributed by atoms with E-state index in [0.717, 1.165) is 50.1 Å². The smallest absolute Gasteiger partial charge is 0.337 e. The number of rotatable bonds is 10. The molecule has 0 spiro atoms. The molecule has 4 nitrogen and oxygen atoms in total. The van der Waals surface area contributed by atoms with E-state index in [1.165, 1.54) is 12.7 Å². The zero-order valence-electron chi connectivity index (χ0n) is 16.0. The van der Waals surface area contributed by atoms with Crippen molar-refractivity contribution in [3.63, 3.8) is 0 Å². The van der Waals surface area contributed by atoms with Crippen LogP contribution in [0, 0.1) is 0 Å². The number of hydrogen-bond donors (Lipinski definition) is 0. The fourth-order valence-corrected chi connectivity index (χ4v) is 2.81. The van der Waals surface area contributed by atoms with Crippen LogP contribution in [0.15, 0.2) is 48.5 Å². The normalized spacial score (nSPS) is 10.8. The summed E-state index contributed by atoms with van der Waals surface area (Å²) in [5.41, 5.74) is 2.91. The molecule has 0 aliphatic heterocycles. The largest absolute Gasteiger partial charge is 0.493 e. The lowest BCUT2D eigenvalue weighted by molar-refractivity contribution is 0.0600. The Hall–Kier alpha value is -2.33. The van der Waals surface area contributed by atoms with Crippen molar-refractivity contribution in [3.05, 3.63) is 65.2 Å². The molecule has 0 aliphatic rings. The molecule has 0 saturated heterocycles. The molecule has 0 unspecified atom stereocenters. The van der Waals surface area contributed by atoms with Gasteiger partial charge in [0.25, 0.3) is 0 Å². The Kier molecular flexibility index (Phi) is 8.16. The Morgan fingerprint density at radius 3 is 2.58 bits per heavy atom. The first-order valence-corrected chi connectivity index (χ1v) is 9.13. The number of unbranched alkanes of at least 4 members (excludes halogenated alkanes) is 1. The van der Waals surface area contributed by atoms with E-state index in [9.17, 15) is 4.79 Å². The van der Waals surface area contributed by atoms with E-state index in [1.807, 2.05) is 36.4 Å².